The van der Waals surface area contributed by atoms with Gasteiger partial charge in [0, 0.05) is 13.6 Å². The minimum atomic E-state index is -3.51. The van der Waals surface area contributed by atoms with Gasteiger partial charge in [0.2, 0.25) is 10.0 Å². The number of likely N-dealkylation sites (N-methyl/N-ethyl adjacent to an activating group) is 1. The number of sulfonamides is 1. The fourth-order valence-electron chi connectivity index (χ4n) is 5.12. The van der Waals surface area contributed by atoms with E-state index in [-0.39, 0.29) is 5.92 Å². The molecule has 1 atom stereocenters. The Morgan fingerprint density at radius 1 is 0.882 bits per heavy atom. The van der Waals surface area contributed by atoms with Gasteiger partial charge in [0.1, 0.15) is 0 Å². The van der Waals surface area contributed by atoms with Crippen LogP contribution in [0.3, 0.4) is 0 Å². The minimum Gasteiger partial charge on any atom is -0.303 e. The highest BCUT2D eigenvalue weighted by Gasteiger charge is 2.26. The predicted octanol–water partition coefficient (Wildman–Crippen LogP) is 5.67. The van der Waals surface area contributed by atoms with E-state index in [9.17, 15) is 8.42 Å². The van der Waals surface area contributed by atoms with Gasteiger partial charge in [-0.3, -0.25) is 0 Å². The average molecular weight is 477 g/mol. The van der Waals surface area contributed by atoms with Crippen LogP contribution in [0.1, 0.15) is 47.8 Å². The lowest BCUT2D eigenvalue weighted by Gasteiger charge is -2.34. The molecule has 0 bridgehead atoms. The van der Waals surface area contributed by atoms with Gasteiger partial charge >= 0.3 is 0 Å². The first kappa shape index (κ1) is 24.6. The molecule has 1 saturated heterocycles. The van der Waals surface area contributed by atoms with Crippen LogP contribution in [-0.4, -0.2) is 50.8 Å². The molecule has 0 aliphatic carbocycles. The Morgan fingerprint density at radius 3 is 2.12 bits per heavy atom. The quantitative estimate of drug-likeness (QED) is 0.400. The fraction of sp³-hybridized carbons (Fsp3) is 0.379. The van der Waals surface area contributed by atoms with Crippen molar-refractivity contribution < 1.29 is 8.42 Å². The standard InChI is InChI=1S/C29H36N2O2S/c1-24-11-9-10-16-29(24)26-17-20-31(21-18-26)22-19-27(25-12-5-3-6-13-25)23-30(2)34(32,33)28-14-7-4-8-15-28/h3-16,26-27H,17-23H2,1-2H3. The summed E-state index contributed by atoms with van der Waals surface area (Å²) in [6.07, 6.45) is 3.31. The van der Waals surface area contributed by atoms with E-state index in [1.165, 1.54) is 33.8 Å². The van der Waals surface area contributed by atoms with Crippen LogP contribution in [0.15, 0.2) is 89.8 Å². The van der Waals surface area contributed by atoms with Gasteiger partial charge in [-0.25, -0.2) is 12.7 Å². The zero-order chi connectivity index (χ0) is 24.0. The molecule has 0 N–H and O–H groups in total. The summed E-state index contributed by atoms with van der Waals surface area (Å²) >= 11 is 0. The number of aryl methyl sites for hydroxylation is 1. The van der Waals surface area contributed by atoms with Crippen molar-refractivity contribution in [2.24, 2.45) is 0 Å². The molecule has 1 aliphatic heterocycles. The summed E-state index contributed by atoms with van der Waals surface area (Å²) in [6.45, 7) is 5.86. The SMILES string of the molecule is Cc1ccccc1C1CCN(CCC(CN(C)S(=O)(=O)c2ccccc2)c2ccccc2)CC1. The highest BCUT2D eigenvalue weighted by Crippen LogP contribution is 2.31. The molecule has 0 radical (unpaired) electrons. The Labute approximate surface area is 205 Å². The Balaban J connectivity index is 1.39. The van der Waals surface area contributed by atoms with Crippen molar-refractivity contribution in [3.63, 3.8) is 0 Å². The van der Waals surface area contributed by atoms with Crippen molar-refractivity contribution in [1.82, 2.24) is 9.21 Å². The Kier molecular flexibility index (Phi) is 8.19. The first-order valence-corrected chi connectivity index (χ1v) is 13.7. The molecule has 34 heavy (non-hydrogen) atoms. The van der Waals surface area contributed by atoms with Gasteiger partial charge in [0.05, 0.1) is 4.90 Å². The molecule has 3 aromatic rings. The van der Waals surface area contributed by atoms with Crippen molar-refractivity contribution in [3.05, 3.63) is 102 Å². The topological polar surface area (TPSA) is 40.6 Å². The fourth-order valence-corrected chi connectivity index (χ4v) is 6.36. The summed E-state index contributed by atoms with van der Waals surface area (Å²) in [5.74, 6) is 0.795. The summed E-state index contributed by atoms with van der Waals surface area (Å²) in [5.41, 5.74) is 4.09. The van der Waals surface area contributed by atoms with E-state index in [0.29, 0.717) is 17.4 Å². The van der Waals surface area contributed by atoms with Crippen LogP contribution in [0.2, 0.25) is 0 Å². The molecule has 4 rings (SSSR count). The smallest absolute Gasteiger partial charge is 0.242 e. The largest absolute Gasteiger partial charge is 0.303 e. The van der Waals surface area contributed by atoms with Gasteiger partial charge in [0.25, 0.3) is 0 Å². The van der Waals surface area contributed by atoms with Gasteiger partial charge < -0.3 is 4.90 Å². The molecule has 0 spiro atoms. The summed E-state index contributed by atoms with van der Waals surface area (Å²) in [5, 5.41) is 0. The lowest BCUT2D eigenvalue weighted by atomic mass is 9.86. The Bertz CT molecular complexity index is 1140. The highest BCUT2D eigenvalue weighted by molar-refractivity contribution is 7.89. The lowest BCUT2D eigenvalue weighted by Crippen LogP contribution is -2.36. The van der Waals surface area contributed by atoms with Crippen LogP contribution < -0.4 is 0 Å². The monoisotopic (exact) mass is 476 g/mol. The van der Waals surface area contributed by atoms with E-state index in [0.717, 1.165) is 26.1 Å². The molecular formula is C29H36N2O2S. The normalized spacial score (nSPS) is 16.6. The molecular weight excluding hydrogens is 440 g/mol. The van der Waals surface area contributed by atoms with Gasteiger partial charge in [-0.15, -0.1) is 0 Å². The first-order valence-electron chi connectivity index (χ1n) is 12.3. The number of piperidine rings is 1. The van der Waals surface area contributed by atoms with Crippen LogP contribution in [0.4, 0.5) is 0 Å². The zero-order valence-corrected chi connectivity index (χ0v) is 21.1. The van der Waals surface area contributed by atoms with Gasteiger partial charge in [0.15, 0.2) is 0 Å². The van der Waals surface area contributed by atoms with Crippen molar-refractivity contribution in [1.29, 1.82) is 0 Å². The third-order valence-corrected chi connectivity index (χ3v) is 9.05. The second kappa shape index (κ2) is 11.3. The molecule has 1 heterocycles. The molecule has 1 fully saturated rings. The highest BCUT2D eigenvalue weighted by atomic mass is 32.2. The molecule has 180 valence electrons. The van der Waals surface area contributed by atoms with E-state index in [1.54, 1.807) is 31.3 Å². The predicted molar refractivity (Wildman–Crippen MR) is 140 cm³/mol. The number of rotatable bonds is 9. The number of benzene rings is 3. The molecule has 1 aliphatic rings. The van der Waals surface area contributed by atoms with E-state index in [1.807, 2.05) is 24.3 Å². The number of hydrogen-bond donors (Lipinski definition) is 0. The first-order chi connectivity index (χ1) is 16.4. The van der Waals surface area contributed by atoms with Gasteiger partial charge in [-0.05, 0) is 86.5 Å². The van der Waals surface area contributed by atoms with Gasteiger partial charge in [-0.2, -0.15) is 0 Å². The maximum atomic E-state index is 13.1. The third kappa shape index (κ3) is 5.96. The summed E-state index contributed by atoms with van der Waals surface area (Å²) in [7, 11) is -1.81. The van der Waals surface area contributed by atoms with Crippen molar-refractivity contribution in [2.45, 2.75) is 42.9 Å². The van der Waals surface area contributed by atoms with Crippen LogP contribution in [-0.2, 0) is 10.0 Å². The average Bonchev–Trinajstić information content (AvgIpc) is 2.88. The number of nitrogens with zero attached hydrogens (tertiary/aromatic N) is 2. The van der Waals surface area contributed by atoms with Crippen molar-refractivity contribution >= 4 is 10.0 Å². The van der Waals surface area contributed by atoms with Crippen LogP contribution in [0.5, 0.6) is 0 Å². The third-order valence-electron chi connectivity index (χ3n) is 7.21. The molecule has 4 nitrogen and oxygen atoms in total. The second-order valence-electron chi connectivity index (χ2n) is 9.47. The summed E-state index contributed by atoms with van der Waals surface area (Å²) in [4.78, 5) is 2.90. The van der Waals surface area contributed by atoms with Crippen LogP contribution >= 0.6 is 0 Å². The second-order valence-corrected chi connectivity index (χ2v) is 11.5. The number of likely N-dealkylation sites (tertiary alicyclic amines) is 1. The zero-order valence-electron chi connectivity index (χ0n) is 20.3. The Hall–Kier alpha value is -2.47. The molecule has 0 aromatic heterocycles. The molecule has 3 aromatic carbocycles. The van der Waals surface area contributed by atoms with Crippen molar-refractivity contribution in [2.75, 3.05) is 33.2 Å². The van der Waals surface area contributed by atoms with Gasteiger partial charge in [-0.1, -0.05) is 72.8 Å². The van der Waals surface area contributed by atoms with E-state index < -0.39 is 10.0 Å². The van der Waals surface area contributed by atoms with E-state index >= 15 is 0 Å². The van der Waals surface area contributed by atoms with Crippen molar-refractivity contribution in [3.8, 4) is 0 Å². The van der Waals surface area contributed by atoms with Crippen LogP contribution in [0, 0.1) is 6.92 Å². The molecule has 1 unspecified atom stereocenters. The van der Waals surface area contributed by atoms with E-state index in [4.69, 9.17) is 0 Å². The minimum absolute atomic E-state index is 0.152. The lowest BCUT2D eigenvalue weighted by molar-refractivity contribution is 0.203. The summed E-state index contributed by atoms with van der Waals surface area (Å²) < 4.78 is 27.8. The maximum Gasteiger partial charge on any atom is 0.242 e. The molecule has 0 saturated carbocycles. The van der Waals surface area contributed by atoms with E-state index in [2.05, 4.69) is 48.2 Å². The number of hydrogen-bond acceptors (Lipinski definition) is 3. The van der Waals surface area contributed by atoms with Crippen LogP contribution in [0.25, 0.3) is 0 Å². The maximum absolute atomic E-state index is 13.1. The molecule has 5 heteroatoms. The Morgan fingerprint density at radius 2 is 1.47 bits per heavy atom. The summed E-state index contributed by atoms with van der Waals surface area (Å²) in [6, 6.07) is 27.8. The molecule has 0 amide bonds.